The Kier molecular flexibility index (Phi) is 5.03. The van der Waals surface area contributed by atoms with Gasteiger partial charge >= 0.3 is 0 Å². The highest BCUT2D eigenvalue weighted by molar-refractivity contribution is 5.05. The Morgan fingerprint density at radius 3 is 2.62 bits per heavy atom. The third-order valence-corrected chi connectivity index (χ3v) is 2.88. The van der Waals surface area contributed by atoms with E-state index in [0.29, 0.717) is 0 Å². The van der Waals surface area contributed by atoms with E-state index in [1.54, 1.807) is 0 Å². The van der Waals surface area contributed by atoms with Gasteiger partial charge in [-0.15, -0.1) is 0 Å². The molecule has 0 saturated carbocycles. The van der Waals surface area contributed by atoms with E-state index in [1.807, 2.05) is 19.1 Å². The third kappa shape index (κ3) is 4.81. The lowest BCUT2D eigenvalue weighted by molar-refractivity contribution is 0.339. The van der Waals surface area contributed by atoms with Gasteiger partial charge in [-0.05, 0) is 44.0 Å². The van der Waals surface area contributed by atoms with Gasteiger partial charge in [-0.3, -0.25) is 0 Å². The molecule has 1 rings (SSSR count). The van der Waals surface area contributed by atoms with Gasteiger partial charge in [-0.25, -0.2) is 0 Å². The van der Waals surface area contributed by atoms with E-state index in [4.69, 9.17) is 10.2 Å². The van der Waals surface area contributed by atoms with Crippen LogP contribution in [0.25, 0.3) is 0 Å². The molecule has 1 aromatic heterocycles. The number of hydrogen-bond acceptors (Lipinski definition) is 3. The van der Waals surface area contributed by atoms with Gasteiger partial charge in [-0.1, -0.05) is 13.8 Å². The van der Waals surface area contributed by atoms with E-state index in [1.165, 1.54) is 0 Å². The monoisotopic (exact) mass is 224 g/mol. The molecular formula is C13H24N2O. The van der Waals surface area contributed by atoms with Crippen molar-refractivity contribution in [1.29, 1.82) is 0 Å². The second kappa shape index (κ2) is 6.06. The van der Waals surface area contributed by atoms with E-state index < -0.39 is 0 Å². The molecule has 0 aliphatic heterocycles. The highest BCUT2D eigenvalue weighted by Crippen LogP contribution is 2.16. The fraction of sp³-hybridized carbons (Fsp3) is 0.692. The Morgan fingerprint density at radius 2 is 2.06 bits per heavy atom. The molecular weight excluding hydrogens is 200 g/mol. The van der Waals surface area contributed by atoms with E-state index in [-0.39, 0.29) is 5.41 Å². The van der Waals surface area contributed by atoms with Crippen LogP contribution in [0.5, 0.6) is 0 Å². The molecule has 16 heavy (non-hydrogen) atoms. The van der Waals surface area contributed by atoms with Gasteiger partial charge in [0.2, 0.25) is 0 Å². The molecule has 92 valence electrons. The van der Waals surface area contributed by atoms with Crippen molar-refractivity contribution >= 4 is 0 Å². The lowest BCUT2D eigenvalue weighted by Crippen LogP contribution is -2.29. The maximum absolute atomic E-state index is 5.67. The first kappa shape index (κ1) is 13.3. The van der Waals surface area contributed by atoms with Crippen LogP contribution in [0.15, 0.2) is 16.5 Å². The maximum Gasteiger partial charge on any atom is 0.105 e. The summed E-state index contributed by atoms with van der Waals surface area (Å²) in [7, 11) is 0. The minimum atomic E-state index is 0.244. The van der Waals surface area contributed by atoms with Crippen LogP contribution < -0.4 is 11.1 Å². The SMILES string of the molecule is Cc1ccc(CCNCCC(C)(C)CN)o1. The molecule has 0 aliphatic carbocycles. The second-order valence-corrected chi connectivity index (χ2v) is 5.13. The average molecular weight is 224 g/mol. The molecule has 0 aliphatic rings. The van der Waals surface area contributed by atoms with Crippen LogP contribution >= 0.6 is 0 Å². The highest BCUT2D eigenvalue weighted by atomic mass is 16.3. The van der Waals surface area contributed by atoms with Crippen molar-refractivity contribution in [2.75, 3.05) is 19.6 Å². The molecule has 0 atom stereocenters. The summed E-state index contributed by atoms with van der Waals surface area (Å²) in [5.41, 5.74) is 5.92. The van der Waals surface area contributed by atoms with Crippen LogP contribution in [0.3, 0.4) is 0 Å². The topological polar surface area (TPSA) is 51.2 Å². The first-order valence-corrected chi connectivity index (χ1v) is 5.99. The predicted octanol–water partition coefficient (Wildman–Crippen LogP) is 2.10. The first-order chi connectivity index (χ1) is 7.53. The molecule has 0 bridgehead atoms. The lowest BCUT2D eigenvalue weighted by Gasteiger charge is -2.22. The van der Waals surface area contributed by atoms with Crippen LogP contribution in [-0.4, -0.2) is 19.6 Å². The van der Waals surface area contributed by atoms with Crippen molar-refractivity contribution in [3.8, 4) is 0 Å². The predicted molar refractivity (Wildman–Crippen MR) is 67.5 cm³/mol. The van der Waals surface area contributed by atoms with Crippen molar-refractivity contribution < 1.29 is 4.42 Å². The third-order valence-electron chi connectivity index (χ3n) is 2.88. The molecule has 0 amide bonds. The van der Waals surface area contributed by atoms with Crippen LogP contribution in [0, 0.1) is 12.3 Å². The number of nitrogens with one attached hydrogen (secondary N) is 1. The zero-order valence-electron chi connectivity index (χ0n) is 10.7. The Morgan fingerprint density at radius 1 is 1.31 bits per heavy atom. The summed E-state index contributed by atoms with van der Waals surface area (Å²) >= 11 is 0. The molecule has 1 aromatic rings. The van der Waals surface area contributed by atoms with E-state index in [0.717, 1.165) is 44.0 Å². The van der Waals surface area contributed by atoms with Gasteiger partial charge < -0.3 is 15.5 Å². The van der Waals surface area contributed by atoms with Crippen molar-refractivity contribution in [2.24, 2.45) is 11.1 Å². The van der Waals surface area contributed by atoms with Gasteiger partial charge in [0, 0.05) is 13.0 Å². The summed E-state index contributed by atoms with van der Waals surface area (Å²) in [6.07, 6.45) is 2.07. The Bertz CT molecular complexity index is 305. The molecule has 0 radical (unpaired) electrons. The Labute approximate surface area is 98.4 Å². The van der Waals surface area contributed by atoms with Gasteiger partial charge in [-0.2, -0.15) is 0 Å². The quantitative estimate of drug-likeness (QED) is 0.697. The molecule has 0 saturated heterocycles. The summed E-state index contributed by atoms with van der Waals surface area (Å²) < 4.78 is 5.49. The van der Waals surface area contributed by atoms with Crippen molar-refractivity contribution in [3.63, 3.8) is 0 Å². The normalized spacial score (nSPS) is 12.0. The summed E-state index contributed by atoms with van der Waals surface area (Å²) in [4.78, 5) is 0. The fourth-order valence-electron chi connectivity index (χ4n) is 1.48. The van der Waals surface area contributed by atoms with E-state index >= 15 is 0 Å². The van der Waals surface area contributed by atoms with Gasteiger partial charge in [0.25, 0.3) is 0 Å². The standard InChI is InChI=1S/C13H24N2O/c1-11-4-5-12(16-11)6-8-15-9-7-13(2,3)10-14/h4-5,15H,6-10,14H2,1-3H3. The number of rotatable bonds is 7. The molecule has 0 spiro atoms. The number of hydrogen-bond donors (Lipinski definition) is 2. The second-order valence-electron chi connectivity index (χ2n) is 5.13. The number of aryl methyl sites for hydroxylation is 1. The zero-order chi connectivity index (χ0) is 12.0. The summed E-state index contributed by atoms with van der Waals surface area (Å²) in [6.45, 7) is 9.10. The molecule has 3 nitrogen and oxygen atoms in total. The Hall–Kier alpha value is -0.800. The van der Waals surface area contributed by atoms with Crippen LogP contribution in [-0.2, 0) is 6.42 Å². The zero-order valence-corrected chi connectivity index (χ0v) is 10.7. The number of furan rings is 1. The van der Waals surface area contributed by atoms with Crippen LogP contribution in [0.1, 0.15) is 31.8 Å². The maximum atomic E-state index is 5.67. The fourth-order valence-corrected chi connectivity index (χ4v) is 1.48. The molecule has 0 unspecified atom stereocenters. The average Bonchev–Trinajstić information content (AvgIpc) is 2.64. The van der Waals surface area contributed by atoms with Crippen LogP contribution in [0.4, 0.5) is 0 Å². The number of nitrogens with two attached hydrogens (primary N) is 1. The summed E-state index contributed by atoms with van der Waals surface area (Å²) in [5, 5.41) is 3.42. The van der Waals surface area contributed by atoms with Gasteiger partial charge in [0.1, 0.15) is 11.5 Å². The van der Waals surface area contributed by atoms with E-state index in [9.17, 15) is 0 Å². The van der Waals surface area contributed by atoms with Crippen molar-refractivity contribution in [2.45, 2.75) is 33.6 Å². The van der Waals surface area contributed by atoms with Gasteiger partial charge in [0.05, 0.1) is 0 Å². The van der Waals surface area contributed by atoms with Gasteiger partial charge in [0.15, 0.2) is 0 Å². The minimum absolute atomic E-state index is 0.244. The largest absolute Gasteiger partial charge is 0.466 e. The van der Waals surface area contributed by atoms with E-state index in [2.05, 4.69) is 19.2 Å². The lowest BCUT2D eigenvalue weighted by atomic mass is 9.90. The van der Waals surface area contributed by atoms with Crippen molar-refractivity contribution in [3.05, 3.63) is 23.7 Å². The van der Waals surface area contributed by atoms with Crippen LogP contribution in [0.2, 0.25) is 0 Å². The van der Waals surface area contributed by atoms with Crippen molar-refractivity contribution in [1.82, 2.24) is 5.32 Å². The minimum Gasteiger partial charge on any atom is -0.466 e. The molecule has 0 fully saturated rings. The molecule has 3 heteroatoms. The Balaban J connectivity index is 2.08. The summed E-state index contributed by atoms with van der Waals surface area (Å²) in [5.74, 6) is 2.04. The molecule has 0 aromatic carbocycles. The highest BCUT2D eigenvalue weighted by Gasteiger charge is 2.14. The molecule has 3 N–H and O–H groups in total. The summed E-state index contributed by atoms with van der Waals surface area (Å²) in [6, 6.07) is 4.05. The molecule has 1 heterocycles. The first-order valence-electron chi connectivity index (χ1n) is 5.99. The smallest absolute Gasteiger partial charge is 0.105 e.